The molecular weight excluding hydrogens is 451 g/mol. The Morgan fingerprint density at radius 2 is 1.19 bits per heavy atom. The molecule has 0 heterocycles. The van der Waals surface area contributed by atoms with Gasteiger partial charge in [-0.25, -0.2) is 0 Å². The van der Waals surface area contributed by atoms with Gasteiger partial charge in [-0.1, -0.05) is 115 Å². The predicted octanol–water partition coefficient (Wildman–Crippen LogP) is 7.53. The van der Waals surface area contributed by atoms with Crippen molar-refractivity contribution < 1.29 is 0 Å². The molecule has 0 aliphatic heterocycles. The molecule has 0 fully saturated rings. The summed E-state index contributed by atoms with van der Waals surface area (Å²) < 4.78 is 0. The van der Waals surface area contributed by atoms with Crippen LogP contribution >= 0.6 is 7.92 Å². The standard InChI is InChI=1S/C35H31P/c1-24-20-25(2)33(26(3)21-24)23-28-18-19-32-31-17-11-10-12-27(31)22-34(32)35(28)36(29-13-6-4-7-14-29)30-15-8-5-9-16-30/h4-21H,22-23H2,1-3H3. The van der Waals surface area contributed by atoms with Crippen LogP contribution < -0.4 is 15.9 Å². The molecule has 0 saturated carbocycles. The summed E-state index contributed by atoms with van der Waals surface area (Å²) in [5, 5.41) is 4.39. The smallest absolute Gasteiger partial charge is 0.000677 e. The number of rotatable bonds is 5. The molecule has 0 atom stereocenters. The zero-order valence-electron chi connectivity index (χ0n) is 21.3. The van der Waals surface area contributed by atoms with Crippen LogP contribution in [0.1, 0.15) is 38.9 Å². The first-order valence-corrected chi connectivity index (χ1v) is 14.1. The first-order valence-electron chi connectivity index (χ1n) is 12.8. The van der Waals surface area contributed by atoms with Crippen LogP contribution in [0.3, 0.4) is 0 Å². The maximum atomic E-state index is 2.43. The van der Waals surface area contributed by atoms with Gasteiger partial charge in [-0.2, -0.15) is 0 Å². The summed E-state index contributed by atoms with van der Waals surface area (Å²) in [6, 6.07) is 40.8. The van der Waals surface area contributed by atoms with Gasteiger partial charge in [0.05, 0.1) is 0 Å². The fraction of sp³-hybridized carbons (Fsp3) is 0.143. The van der Waals surface area contributed by atoms with Gasteiger partial charge in [-0.15, -0.1) is 0 Å². The van der Waals surface area contributed by atoms with Crippen molar-refractivity contribution in [1.82, 2.24) is 0 Å². The number of hydrogen-bond donors (Lipinski definition) is 0. The first kappa shape index (κ1) is 23.0. The number of aryl methyl sites for hydroxylation is 3. The van der Waals surface area contributed by atoms with Gasteiger partial charge in [0.1, 0.15) is 0 Å². The molecule has 36 heavy (non-hydrogen) atoms. The van der Waals surface area contributed by atoms with Gasteiger partial charge in [0, 0.05) is 0 Å². The Morgan fingerprint density at radius 1 is 0.611 bits per heavy atom. The Bertz CT molecular complexity index is 1480. The highest BCUT2D eigenvalue weighted by Crippen LogP contribution is 2.44. The number of benzene rings is 5. The Labute approximate surface area is 216 Å². The summed E-state index contributed by atoms with van der Waals surface area (Å²) in [7, 11) is -0.694. The molecule has 6 rings (SSSR count). The number of fused-ring (bicyclic) bond motifs is 3. The lowest BCUT2D eigenvalue weighted by Crippen LogP contribution is -2.26. The normalized spacial score (nSPS) is 12.0. The summed E-state index contributed by atoms with van der Waals surface area (Å²) in [5.41, 5.74) is 12.9. The molecule has 0 bridgehead atoms. The maximum Gasteiger partial charge on any atom is -0.000677 e. The molecule has 0 aromatic heterocycles. The highest BCUT2D eigenvalue weighted by molar-refractivity contribution is 7.80. The van der Waals surface area contributed by atoms with E-state index < -0.39 is 7.92 Å². The first-order chi connectivity index (χ1) is 17.6. The van der Waals surface area contributed by atoms with E-state index in [1.54, 1.807) is 5.30 Å². The minimum atomic E-state index is -0.694. The molecule has 1 heteroatoms. The van der Waals surface area contributed by atoms with Crippen molar-refractivity contribution in [2.24, 2.45) is 0 Å². The fourth-order valence-electron chi connectivity index (χ4n) is 5.91. The van der Waals surface area contributed by atoms with E-state index in [0.29, 0.717) is 0 Å². The van der Waals surface area contributed by atoms with E-state index in [4.69, 9.17) is 0 Å². The quantitative estimate of drug-likeness (QED) is 0.223. The Hall–Kier alpha value is -3.47. The summed E-state index contributed by atoms with van der Waals surface area (Å²) in [4.78, 5) is 0. The van der Waals surface area contributed by atoms with Crippen molar-refractivity contribution in [1.29, 1.82) is 0 Å². The Kier molecular flexibility index (Phi) is 6.08. The zero-order valence-corrected chi connectivity index (χ0v) is 22.1. The maximum absolute atomic E-state index is 2.43. The molecule has 0 nitrogen and oxygen atoms in total. The Balaban J connectivity index is 1.62. The van der Waals surface area contributed by atoms with Crippen molar-refractivity contribution in [3.05, 3.63) is 148 Å². The minimum Gasteiger partial charge on any atom is -0.0622 e. The van der Waals surface area contributed by atoms with Gasteiger partial charge in [0.2, 0.25) is 0 Å². The van der Waals surface area contributed by atoms with Gasteiger partial charge in [-0.3, -0.25) is 0 Å². The molecule has 0 amide bonds. The van der Waals surface area contributed by atoms with Crippen LogP contribution in [0.25, 0.3) is 11.1 Å². The predicted molar refractivity (Wildman–Crippen MR) is 157 cm³/mol. The summed E-state index contributed by atoms with van der Waals surface area (Å²) >= 11 is 0. The second-order valence-corrected chi connectivity index (χ2v) is 12.1. The largest absolute Gasteiger partial charge is 0.0622 e. The summed E-state index contributed by atoms with van der Waals surface area (Å²) in [5.74, 6) is 0. The molecule has 0 saturated heterocycles. The topological polar surface area (TPSA) is 0 Å². The second kappa shape index (κ2) is 9.53. The van der Waals surface area contributed by atoms with Crippen molar-refractivity contribution in [2.75, 3.05) is 0 Å². The molecule has 5 aromatic rings. The minimum absolute atomic E-state index is 0.694. The molecular formula is C35H31P. The van der Waals surface area contributed by atoms with Crippen LogP contribution in [0, 0.1) is 20.8 Å². The zero-order chi connectivity index (χ0) is 24.6. The highest BCUT2D eigenvalue weighted by atomic mass is 31.1. The molecule has 0 N–H and O–H groups in total. The lowest BCUT2D eigenvalue weighted by molar-refractivity contribution is 1.11. The summed E-state index contributed by atoms with van der Waals surface area (Å²) in [6.07, 6.45) is 1.98. The third-order valence-electron chi connectivity index (χ3n) is 7.50. The molecule has 5 aromatic carbocycles. The van der Waals surface area contributed by atoms with Crippen molar-refractivity contribution in [2.45, 2.75) is 33.6 Å². The van der Waals surface area contributed by atoms with Crippen LogP contribution in [0.5, 0.6) is 0 Å². The van der Waals surface area contributed by atoms with E-state index in [9.17, 15) is 0 Å². The van der Waals surface area contributed by atoms with Crippen LogP contribution in [-0.2, 0) is 12.8 Å². The van der Waals surface area contributed by atoms with Crippen molar-refractivity contribution in [3.63, 3.8) is 0 Å². The third-order valence-corrected chi connectivity index (χ3v) is 10.1. The van der Waals surface area contributed by atoms with Crippen LogP contribution in [-0.4, -0.2) is 0 Å². The van der Waals surface area contributed by atoms with Gasteiger partial charge in [0.25, 0.3) is 0 Å². The average molecular weight is 483 g/mol. The van der Waals surface area contributed by atoms with Crippen LogP contribution in [0.4, 0.5) is 0 Å². The molecule has 0 unspecified atom stereocenters. The fourth-order valence-corrected chi connectivity index (χ4v) is 8.57. The average Bonchev–Trinajstić information content (AvgIpc) is 3.27. The van der Waals surface area contributed by atoms with Crippen LogP contribution in [0.2, 0.25) is 0 Å². The molecule has 1 aliphatic rings. The van der Waals surface area contributed by atoms with Gasteiger partial charge < -0.3 is 0 Å². The third kappa shape index (κ3) is 4.11. The van der Waals surface area contributed by atoms with Gasteiger partial charge in [0.15, 0.2) is 0 Å². The van der Waals surface area contributed by atoms with E-state index >= 15 is 0 Å². The van der Waals surface area contributed by atoms with Crippen LogP contribution in [0.15, 0.2) is 109 Å². The monoisotopic (exact) mass is 482 g/mol. The van der Waals surface area contributed by atoms with Gasteiger partial charge in [-0.05, 0) is 102 Å². The molecule has 1 aliphatic carbocycles. The summed E-state index contributed by atoms with van der Waals surface area (Å²) in [6.45, 7) is 6.75. The van der Waals surface area contributed by atoms with E-state index in [1.807, 2.05) is 0 Å². The lowest BCUT2D eigenvalue weighted by atomic mass is 9.92. The Morgan fingerprint density at radius 3 is 1.83 bits per heavy atom. The second-order valence-electron chi connectivity index (χ2n) is 9.99. The lowest BCUT2D eigenvalue weighted by Gasteiger charge is -2.26. The molecule has 0 radical (unpaired) electrons. The van der Waals surface area contributed by atoms with E-state index in [1.165, 1.54) is 60.7 Å². The van der Waals surface area contributed by atoms with Crippen molar-refractivity contribution in [3.8, 4) is 11.1 Å². The number of hydrogen-bond acceptors (Lipinski definition) is 0. The van der Waals surface area contributed by atoms with E-state index in [-0.39, 0.29) is 0 Å². The van der Waals surface area contributed by atoms with Gasteiger partial charge >= 0.3 is 0 Å². The van der Waals surface area contributed by atoms with E-state index in [2.05, 4.69) is 130 Å². The highest BCUT2D eigenvalue weighted by Gasteiger charge is 2.29. The molecule has 0 spiro atoms. The van der Waals surface area contributed by atoms with Crippen molar-refractivity contribution >= 4 is 23.8 Å². The SMILES string of the molecule is Cc1cc(C)c(Cc2ccc3c(c2P(c2ccccc2)c2ccccc2)Cc2ccccc2-3)c(C)c1. The molecule has 176 valence electrons. The van der Waals surface area contributed by atoms with E-state index in [0.717, 1.165) is 12.8 Å².